The number of carbonyl (C=O) groups excluding carboxylic acids is 4. The van der Waals surface area contributed by atoms with Crippen molar-refractivity contribution in [2.75, 3.05) is 12.3 Å². The highest BCUT2D eigenvalue weighted by atomic mass is 32.1. The average Bonchev–Trinajstić information content (AvgIpc) is 2.66. The molecule has 0 spiro atoms. The minimum absolute atomic E-state index is 0.0472. The maximum Gasteiger partial charge on any atom is 0.412 e. The number of hydrogen-bond acceptors (Lipinski definition) is 8. The number of primary amides is 2. The van der Waals surface area contributed by atoms with E-state index in [0.717, 1.165) is 5.56 Å². The summed E-state index contributed by atoms with van der Waals surface area (Å²) in [7, 11) is 0. The Balaban J connectivity index is 2.39. The molecular weight excluding hydrogens is 400 g/mol. The molecule has 0 bridgehead atoms. The van der Waals surface area contributed by atoms with Gasteiger partial charge in [0.15, 0.2) is 0 Å². The first-order chi connectivity index (χ1) is 13.6. The predicted octanol–water partition coefficient (Wildman–Crippen LogP) is -2.25. The molecule has 0 aliphatic heterocycles. The molecule has 1 aromatic carbocycles. The second-order valence-electron chi connectivity index (χ2n) is 6.21. The van der Waals surface area contributed by atoms with E-state index in [2.05, 4.69) is 23.3 Å². The molecule has 12 heteroatoms. The summed E-state index contributed by atoms with van der Waals surface area (Å²) in [5.41, 5.74) is 22.3. The molecule has 0 aliphatic carbocycles. The van der Waals surface area contributed by atoms with E-state index in [1.54, 1.807) is 24.3 Å². The lowest BCUT2D eigenvalue weighted by molar-refractivity contribution is -0.127. The maximum atomic E-state index is 11.9. The summed E-state index contributed by atoms with van der Waals surface area (Å²) in [5.74, 6) is -1.58. The minimum Gasteiger partial charge on any atom is -0.410 e. The molecule has 29 heavy (non-hydrogen) atoms. The Morgan fingerprint density at radius 2 is 1.62 bits per heavy atom. The highest BCUT2D eigenvalue weighted by molar-refractivity contribution is 7.80. The normalized spacial score (nSPS) is 13.6. The van der Waals surface area contributed by atoms with Gasteiger partial charge in [0, 0.05) is 12.3 Å². The van der Waals surface area contributed by atoms with E-state index in [9.17, 15) is 19.2 Å². The SMILES string of the molecule is NC(=O)[C@H](CS)NC(=O)[C@@H](N)CCNC(=O)Oc1ccc(C[C@H](N)C(N)=O)cc1. The lowest BCUT2D eigenvalue weighted by Crippen LogP contribution is -2.51. The lowest BCUT2D eigenvalue weighted by atomic mass is 10.1. The quantitative estimate of drug-likeness (QED) is 0.193. The van der Waals surface area contributed by atoms with Crippen LogP contribution in [0.3, 0.4) is 0 Å². The fourth-order valence-corrected chi connectivity index (χ4v) is 2.41. The van der Waals surface area contributed by atoms with Gasteiger partial charge in [-0.1, -0.05) is 12.1 Å². The molecule has 1 rings (SSSR count). The molecule has 0 aliphatic rings. The Labute approximate surface area is 173 Å². The van der Waals surface area contributed by atoms with Gasteiger partial charge in [0.1, 0.15) is 11.8 Å². The highest BCUT2D eigenvalue weighted by Gasteiger charge is 2.20. The molecule has 4 amide bonds. The average molecular weight is 426 g/mol. The van der Waals surface area contributed by atoms with Gasteiger partial charge in [-0.2, -0.15) is 12.6 Å². The van der Waals surface area contributed by atoms with Crippen LogP contribution >= 0.6 is 12.6 Å². The van der Waals surface area contributed by atoms with Crippen molar-refractivity contribution >= 4 is 36.4 Å². The van der Waals surface area contributed by atoms with Crippen LogP contribution < -0.4 is 38.3 Å². The summed E-state index contributed by atoms with van der Waals surface area (Å²) in [6.45, 7) is 0.0705. The fraction of sp³-hybridized carbons (Fsp3) is 0.412. The van der Waals surface area contributed by atoms with Gasteiger partial charge in [0.2, 0.25) is 17.7 Å². The van der Waals surface area contributed by atoms with Crippen LogP contribution in [-0.4, -0.2) is 54.2 Å². The van der Waals surface area contributed by atoms with Crippen LogP contribution in [0.25, 0.3) is 0 Å². The van der Waals surface area contributed by atoms with Gasteiger partial charge >= 0.3 is 6.09 Å². The van der Waals surface area contributed by atoms with Gasteiger partial charge in [-0.25, -0.2) is 4.79 Å². The zero-order valence-electron chi connectivity index (χ0n) is 15.7. The summed E-state index contributed by atoms with van der Waals surface area (Å²) in [5, 5.41) is 4.83. The molecule has 0 radical (unpaired) electrons. The molecule has 0 saturated heterocycles. The molecule has 0 aromatic heterocycles. The van der Waals surface area contributed by atoms with Crippen molar-refractivity contribution in [3.05, 3.63) is 29.8 Å². The summed E-state index contributed by atoms with van der Waals surface area (Å²) in [6.07, 6.45) is -0.348. The molecule has 0 heterocycles. The molecule has 3 atom stereocenters. The smallest absolute Gasteiger partial charge is 0.410 e. The fourth-order valence-electron chi connectivity index (χ4n) is 2.14. The first-order valence-corrected chi connectivity index (χ1v) is 9.33. The van der Waals surface area contributed by atoms with Crippen LogP contribution in [-0.2, 0) is 20.8 Å². The van der Waals surface area contributed by atoms with E-state index >= 15 is 0 Å². The van der Waals surface area contributed by atoms with E-state index in [4.69, 9.17) is 27.7 Å². The van der Waals surface area contributed by atoms with Gasteiger partial charge in [0.25, 0.3) is 0 Å². The third-order valence-electron chi connectivity index (χ3n) is 3.86. The Morgan fingerprint density at radius 1 is 1.00 bits per heavy atom. The monoisotopic (exact) mass is 426 g/mol. The van der Waals surface area contributed by atoms with Crippen LogP contribution in [0.4, 0.5) is 4.79 Å². The standard InChI is InChI=1S/C17H26N6O5S/c18-11(16(26)23-13(8-29)15(21)25)5-6-22-17(27)28-10-3-1-9(2-4-10)7-12(19)14(20)24/h1-4,11-13,29H,5-8,18-19H2,(H2,20,24)(H2,21,25)(H,22,27)(H,23,26)/t11-,12-,13-/m0/s1. The van der Waals surface area contributed by atoms with Gasteiger partial charge in [0.05, 0.1) is 12.1 Å². The van der Waals surface area contributed by atoms with Crippen molar-refractivity contribution in [1.82, 2.24) is 10.6 Å². The molecule has 160 valence electrons. The van der Waals surface area contributed by atoms with E-state index in [1.165, 1.54) is 0 Å². The zero-order chi connectivity index (χ0) is 22.0. The number of benzene rings is 1. The number of ether oxygens (including phenoxy) is 1. The van der Waals surface area contributed by atoms with Gasteiger partial charge in [-0.15, -0.1) is 0 Å². The first-order valence-electron chi connectivity index (χ1n) is 8.69. The molecule has 0 saturated carbocycles. The second-order valence-corrected chi connectivity index (χ2v) is 6.58. The summed E-state index contributed by atoms with van der Waals surface area (Å²) in [4.78, 5) is 45.7. The molecule has 0 fully saturated rings. The Morgan fingerprint density at radius 3 is 2.14 bits per heavy atom. The number of hydrogen-bond donors (Lipinski definition) is 7. The van der Waals surface area contributed by atoms with Crippen molar-refractivity contribution in [1.29, 1.82) is 0 Å². The zero-order valence-corrected chi connectivity index (χ0v) is 16.6. The van der Waals surface area contributed by atoms with Crippen LogP contribution in [0, 0.1) is 0 Å². The molecule has 1 aromatic rings. The summed E-state index contributed by atoms with van der Waals surface area (Å²) < 4.78 is 5.09. The van der Waals surface area contributed by atoms with Crippen LogP contribution in [0.1, 0.15) is 12.0 Å². The summed E-state index contributed by atoms with van der Waals surface area (Å²) in [6, 6.07) is 3.73. The Hall–Kier alpha value is -2.83. The van der Waals surface area contributed by atoms with Crippen molar-refractivity contribution in [2.24, 2.45) is 22.9 Å². The highest BCUT2D eigenvalue weighted by Crippen LogP contribution is 2.13. The molecular formula is C17H26N6O5S. The second kappa shape index (κ2) is 11.9. The Bertz CT molecular complexity index is 730. The number of amides is 4. The van der Waals surface area contributed by atoms with E-state index in [0.29, 0.717) is 0 Å². The van der Waals surface area contributed by atoms with Gasteiger partial charge in [-0.3, -0.25) is 14.4 Å². The minimum atomic E-state index is -0.953. The molecule has 11 nitrogen and oxygen atoms in total. The molecule has 10 N–H and O–H groups in total. The predicted molar refractivity (Wildman–Crippen MR) is 109 cm³/mol. The van der Waals surface area contributed by atoms with Crippen molar-refractivity contribution < 1.29 is 23.9 Å². The largest absolute Gasteiger partial charge is 0.412 e. The van der Waals surface area contributed by atoms with Crippen LogP contribution in [0.15, 0.2) is 24.3 Å². The number of nitrogens with two attached hydrogens (primary N) is 4. The Kier molecular flexibility index (Phi) is 9.92. The topological polar surface area (TPSA) is 206 Å². The van der Waals surface area contributed by atoms with Crippen molar-refractivity contribution in [2.45, 2.75) is 31.0 Å². The van der Waals surface area contributed by atoms with Crippen LogP contribution in [0.5, 0.6) is 5.75 Å². The maximum absolute atomic E-state index is 11.9. The number of carbonyl (C=O) groups is 4. The molecule has 0 unspecified atom stereocenters. The van der Waals surface area contributed by atoms with Gasteiger partial charge in [-0.05, 0) is 30.5 Å². The third kappa shape index (κ3) is 8.81. The van der Waals surface area contributed by atoms with Crippen molar-refractivity contribution in [3.63, 3.8) is 0 Å². The first kappa shape index (κ1) is 24.2. The third-order valence-corrected chi connectivity index (χ3v) is 4.22. The van der Waals surface area contributed by atoms with E-state index in [-0.39, 0.29) is 30.9 Å². The number of rotatable bonds is 11. The summed E-state index contributed by atoms with van der Waals surface area (Å²) >= 11 is 3.92. The van der Waals surface area contributed by atoms with Crippen molar-refractivity contribution in [3.8, 4) is 5.75 Å². The number of thiol groups is 1. The van der Waals surface area contributed by atoms with E-state index < -0.39 is 41.9 Å². The van der Waals surface area contributed by atoms with Crippen LogP contribution in [0.2, 0.25) is 0 Å². The lowest BCUT2D eigenvalue weighted by Gasteiger charge is -2.17. The number of nitrogens with one attached hydrogen (secondary N) is 2. The van der Waals surface area contributed by atoms with E-state index in [1.807, 2.05) is 0 Å². The van der Waals surface area contributed by atoms with Gasteiger partial charge < -0.3 is 38.3 Å².